The van der Waals surface area contributed by atoms with Crippen LogP contribution in [0.2, 0.25) is 0 Å². The molecule has 5 N–H and O–H groups in total. The third-order valence-electron chi connectivity index (χ3n) is 12.5. The summed E-state index contributed by atoms with van der Waals surface area (Å²) in [6.45, 7) is 9.36. The van der Waals surface area contributed by atoms with E-state index in [-0.39, 0.29) is 18.4 Å². The van der Waals surface area contributed by atoms with Gasteiger partial charge >= 0.3 is 0 Å². The first-order valence-corrected chi connectivity index (χ1v) is 25.5. The predicted molar refractivity (Wildman–Crippen MR) is 255 cm³/mol. The number of piperidine rings is 3. The number of imide groups is 1. The highest BCUT2D eigenvalue weighted by molar-refractivity contribution is 9.10. The molecule has 8 rings (SSSR count). The lowest BCUT2D eigenvalue weighted by Gasteiger charge is -2.34. The second-order valence-corrected chi connectivity index (χ2v) is 21.3. The van der Waals surface area contributed by atoms with Crippen molar-refractivity contribution in [2.45, 2.75) is 56.9 Å². The van der Waals surface area contributed by atoms with Gasteiger partial charge < -0.3 is 40.4 Å². The molecule has 344 valence electrons. The van der Waals surface area contributed by atoms with Crippen LogP contribution in [-0.2, 0) is 14.2 Å². The lowest BCUT2D eigenvalue weighted by Crippen LogP contribution is -2.44. The molecular weight excluding hydrogens is 919 g/mol. The molecule has 3 saturated heterocycles. The SMILES string of the molecule is COc1cc(N2CCC(NCCNCCC3CCN(c4cc(F)c(C5CCC(=O)NC5=O)c(F)c4)CC3)CC2)ccc1Nc1ncc(Br)c(Nc2ccc3nccnc3c2P(C)(C)=O)n1. The fourth-order valence-corrected chi connectivity index (χ4v) is 10.8. The Morgan fingerprint density at radius 3 is 2.28 bits per heavy atom. The highest BCUT2D eigenvalue weighted by Gasteiger charge is 2.33. The molecule has 0 radical (unpaired) electrons. The van der Waals surface area contributed by atoms with Crippen LogP contribution in [0.15, 0.2) is 65.5 Å². The average molecular weight is 975 g/mol. The average Bonchev–Trinajstić information content (AvgIpc) is 3.29. The molecule has 65 heavy (non-hydrogen) atoms. The summed E-state index contributed by atoms with van der Waals surface area (Å²) in [6.07, 6.45) is 10.0. The third-order valence-corrected chi connectivity index (χ3v) is 14.6. The molecule has 0 saturated carbocycles. The summed E-state index contributed by atoms with van der Waals surface area (Å²) in [5, 5.41) is 16.8. The second-order valence-electron chi connectivity index (χ2n) is 17.3. The number of ether oxygens (including phenoxy) is 1. The van der Waals surface area contributed by atoms with Gasteiger partial charge in [-0.15, -0.1) is 0 Å². The number of fused-ring (bicyclic) bond motifs is 1. The Morgan fingerprint density at radius 1 is 0.846 bits per heavy atom. The number of anilines is 6. The van der Waals surface area contributed by atoms with Crippen molar-refractivity contribution in [3.63, 3.8) is 0 Å². The van der Waals surface area contributed by atoms with E-state index in [0.717, 1.165) is 76.2 Å². The van der Waals surface area contributed by atoms with E-state index in [1.165, 1.54) is 12.1 Å². The molecule has 19 heteroatoms. The maximum absolute atomic E-state index is 15.1. The van der Waals surface area contributed by atoms with Gasteiger partial charge in [-0.1, -0.05) is 0 Å². The van der Waals surface area contributed by atoms with Crippen LogP contribution in [0.25, 0.3) is 11.0 Å². The number of carbonyl (C=O) groups excluding carboxylic acids is 2. The summed E-state index contributed by atoms with van der Waals surface area (Å²) >= 11 is 3.56. The number of carbonyl (C=O) groups is 2. The third kappa shape index (κ3) is 11.1. The lowest BCUT2D eigenvalue weighted by molar-refractivity contribution is -0.134. The van der Waals surface area contributed by atoms with Gasteiger partial charge in [-0.3, -0.25) is 24.9 Å². The van der Waals surface area contributed by atoms with Crippen LogP contribution >= 0.6 is 23.1 Å². The summed E-state index contributed by atoms with van der Waals surface area (Å²) in [7, 11) is -1.12. The van der Waals surface area contributed by atoms with Gasteiger partial charge in [0, 0.05) is 93.3 Å². The van der Waals surface area contributed by atoms with Crippen molar-refractivity contribution in [1.82, 2.24) is 35.9 Å². The molecule has 3 fully saturated rings. The van der Waals surface area contributed by atoms with Gasteiger partial charge in [-0.05, 0) is 117 Å². The maximum atomic E-state index is 15.1. The number of methoxy groups -OCH3 is 1. The molecule has 2 aromatic heterocycles. The van der Waals surface area contributed by atoms with Gasteiger partial charge in [-0.2, -0.15) is 4.98 Å². The number of hydrogen-bond donors (Lipinski definition) is 5. The minimum Gasteiger partial charge on any atom is -0.494 e. The Labute approximate surface area is 385 Å². The van der Waals surface area contributed by atoms with E-state index >= 15 is 8.78 Å². The molecule has 2 amide bonds. The van der Waals surface area contributed by atoms with Crippen molar-refractivity contribution >= 4 is 85.7 Å². The number of aromatic nitrogens is 4. The number of nitrogens with zero attached hydrogens (tertiary/aromatic N) is 6. The zero-order chi connectivity index (χ0) is 45.7. The lowest BCUT2D eigenvalue weighted by atomic mass is 9.89. The van der Waals surface area contributed by atoms with E-state index in [4.69, 9.17) is 9.72 Å². The predicted octanol–water partition coefficient (Wildman–Crippen LogP) is 7.18. The molecule has 5 heterocycles. The van der Waals surface area contributed by atoms with E-state index in [0.29, 0.717) is 74.8 Å². The Kier molecular flexibility index (Phi) is 14.6. The number of benzene rings is 3. The first kappa shape index (κ1) is 46.2. The van der Waals surface area contributed by atoms with Crippen LogP contribution in [0.1, 0.15) is 56.4 Å². The standard InChI is InChI=1S/C46H55BrF2N11O4P/c1-64-39-26-30(4-6-36(39)56-46-54-27-33(47)44(58-46)55-38-8-7-37-42(53-19-18-52-37)43(38)65(2,3)63)59-22-13-29(14-23-59)51-17-16-50-15-10-28-11-20-60(21-12-28)31-24-34(48)41(35(49)25-31)32-5-9-40(61)57-45(32)62/h4,6-8,18-19,24-29,32,50-51H,5,9-17,20-23H2,1-3H3,(H,57,61,62)(H2,54,55,56,58). The molecule has 0 spiro atoms. The molecule has 3 aliphatic heterocycles. The number of rotatable bonds is 16. The van der Waals surface area contributed by atoms with Crippen LogP contribution in [0.4, 0.5) is 43.3 Å². The molecule has 0 bridgehead atoms. The molecule has 1 unspecified atom stereocenters. The summed E-state index contributed by atoms with van der Waals surface area (Å²) in [4.78, 5) is 46.2. The van der Waals surface area contributed by atoms with Crippen LogP contribution in [-0.4, -0.2) is 104 Å². The summed E-state index contributed by atoms with van der Waals surface area (Å²) in [6, 6.07) is 12.9. The minimum absolute atomic E-state index is 0.0662. The van der Waals surface area contributed by atoms with Crippen molar-refractivity contribution in [1.29, 1.82) is 0 Å². The quantitative estimate of drug-likeness (QED) is 0.0382. The van der Waals surface area contributed by atoms with Crippen molar-refractivity contribution in [3.05, 3.63) is 82.7 Å². The maximum Gasteiger partial charge on any atom is 0.234 e. The number of amides is 2. The van der Waals surface area contributed by atoms with Gasteiger partial charge in [0.1, 0.15) is 35.9 Å². The molecule has 3 aromatic carbocycles. The zero-order valence-electron chi connectivity index (χ0n) is 36.8. The van der Waals surface area contributed by atoms with Crippen molar-refractivity contribution < 1.29 is 27.7 Å². The fourth-order valence-electron chi connectivity index (χ4n) is 9.08. The van der Waals surface area contributed by atoms with E-state index < -0.39 is 36.5 Å². The summed E-state index contributed by atoms with van der Waals surface area (Å²) in [5.41, 5.74) is 3.92. The van der Waals surface area contributed by atoms with Crippen LogP contribution < -0.4 is 46.4 Å². The molecule has 3 aliphatic rings. The van der Waals surface area contributed by atoms with E-state index in [9.17, 15) is 14.2 Å². The highest BCUT2D eigenvalue weighted by atomic mass is 79.9. The van der Waals surface area contributed by atoms with Gasteiger partial charge in [0.15, 0.2) is 0 Å². The fraction of sp³-hybridized carbons (Fsp3) is 0.435. The van der Waals surface area contributed by atoms with Crippen molar-refractivity contribution in [2.24, 2.45) is 5.92 Å². The molecular formula is C46H55BrF2N11O4P. The number of hydrogen-bond acceptors (Lipinski definition) is 14. The van der Waals surface area contributed by atoms with Crippen molar-refractivity contribution in [2.75, 3.05) is 86.7 Å². The van der Waals surface area contributed by atoms with Gasteiger partial charge in [0.25, 0.3) is 0 Å². The van der Waals surface area contributed by atoms with E-state index in [2.05, 4.69) is 68.4 Å². The Morgan fingerprint density at radius 2 is 1.55 bits per heavy atom. The Balaban J connectivity index is 0.755. The summed E-state index contributed by atoms with van der Waals surface area (Å²) in [5.74, 6) is -1.49. The number of halogens is 3. The molecule has 1 atom stereocenters. The van der Waals surface area contributed by atoms with Gasteiger partial charge in [0.2, 0.25) is 17.8 Å². The van der Waals surface area contributed by atoms with Crippen molar-refractivity contribution in [3.8, 4) is 5.75 Å². The summed E-state index contributed by atoms with van der Waals surface area (Å²) < 4.78 is 50.1. The van der Waals surface area contributed by atoms with Gasteiger partial charge in [-0.25, -0.2) is 13.8 Å². The van der Waals surface area contributed by atoms with Crippen LogP contribution in [0.3, 0.4) is 0 Å². The van der Waals surface area contributed by atoms with E-state index in [1.807, 2.05) is 29.2 Å². The largest absolute Gasteiger partial charge is 0.494 e. The monoisotopic (exact) mass is 973 g/mol. The second kappa shape index (κ2) is 20.5. The molecule has 15 nitrogen and oxygen atoms in total. The normalized spacial score (nSPS) is 17.7. The van der Waals surface area contributed by atoms with Crippen LogP contribution in [0.5, 0.6) is 5.75 Å². The zero-order valence-corrected chi connectivity index (χ0v) is 39.3. The molecule has 5 aromatic rings. The van der Waals surface area contributed by atoms with Gasteiger partial charge in [0.05, 0.1) is 39.7 Å². The highest BCUT2D eigenvalue weighted by Crippen LogP contribution is 2.42. The topological polar surface area (TPSA) is 179 Å². The Bertz CT molecular complexity index is 2560. The number of nitrogens with one attached hydrogen (secondary N) is 5. The molecule has 0 aliphatic carbocycles. The Hall–Kier alpha value is -5.29. The first-order valence-electron chi connectivity index (χ1n) is 22.1. The minimum atomic E-state index is -2.77. The smallest absolute Gasteiger partial charge is 0.234 e. The first-order chi connectivity index (χ1) is 31.3. The van der Waals surface area contributed by atoms with E-state index in [1.54, 1.807) is 39.0 Å². The van der Waals surface area contributed by atoms with Crippen LogP contribution in [0, 0.1) is 17.6 Å².